The van der Waals surface area contributed by atoms with E-state index in [1.807, 2.05) is 38.1 Å². The predicted molar refractivity (Wildman–Crippen MR) is 93.9 cm³/mol. The van der Waals surface area contributed by atoms with Crippen molar-refractivity contribution in [3.8, 4) is 0 Å². The van der Waals surface area contributed by atoms with E-state index in [1.165, 1.54) is 0 Å². The fourth-order valence-corrected chi connectivity index (χ4v) is 2.40. The highest BCUT2D eigenvalue weighted by molar-refractivity contribution is 5.86. The zero-order chi connectivity index (χ0) is 18.5. The van der Waals surface area contributed by atoms with Crippen LogP contribution >= 0.6 is 0 Å². The molecule has 0 aliphatic carbocycles. The monoisotopic (exact) mass is 335 g/mol. The molecule has 134 valence electrons. The molecular weight excluding hydrogens is 306 g/mol. The molecule has 0 aromatic heterocycles. The van der Waals surface area contributed by atoms with Gasteiger partial charge >= 0.3 is 5.97 Å². The summed E-state index contributed by atoms with van der Waals surface area (Å²) in [6.07, 6.45) is -0.701. The van der Waals surface area contributed by atoms with Crippen molar-refractivity contribution in [1.29, 1.82) is 0 Å². The van der Waals surface area contributed by atoms with Gasteiger partial charge in [-0.25, -0.2) is 4.79 Å². The van der Waals surface area contributed by atoms with E-state index in [4.69, 9.17) is 0 Å². The first kappa shape index (κ1) is 20.2. The molecule has 0 heterocycles. The first-order valence-electron chi connectivity index (χ1n) is 8.31. The van der Waals surface area contributed by atoms with Crippen LogP contribution in [0.3, 0.4) is 0 Å². The Morgan fingerprint density at radius 2 is 1.67 bits per heavy atom. The Kier molecular flexibility index (Phi) is 6.96. The number of aliphatic carboxylic acids is 1. The molecule has 0 bridgehead atoms. The van der Waals surface area contributed by atoms with Crippen LogP contribution in [0.5, 0.6) is 0 Å². The predicted octanol–water partition coefficient (Wildman–Crippen LogP) is 2.50. The average Bonchev–Trinajstić information content (AvgIpc) is 2.45. The van der Waals surface area contributed by atoms with E-state index in [1.54, 1.807) is 0 Å². The molecule has 0 saturated carbocycles. The van der Waals surface area contributed by atoms with Gasteiger partial charge in [-0.15, -0.1) is 0 Å². The first-order valence-corrected chi connectivity index (χ1v) is 8.31. The summed E-state index contributed by atoms with van der Waals surface area (Å²) in [4.78, 5) is 23.4. The smallest absolute Gasteiger partial charge is 0.326 e. The normalized spacial score (nSPS) is 14.3. The van der Waals surface area contributed by atoms with Crippen LogP contribution in [0.4, 0.5) is 0 Å². The van der Waals surface area contributed by atoms with Gasteiger partial charge in [0.25, 0.3) is 0 Å². The number of nitrogens with one attached hydrogen (secondary N) is 1. The van der Waals surface area contributed by atoms with Gasteiger partial charge in [0, 0.05) is 6.42 Å². The molecule has 1 amide bonds. The van der Waals surface area contributed by atoms with Crippen molar-refractivity contribution >= 4 is 11.9 Å². The quantitative estimate of drug-likeness (QED) is 0.714. The molecule has 0 saturated heterocycles. The van der Waals surface area contributed by atoms with Crippen molar-refractivity contribution < 1.29 is 19.8 Å². The summed E-state index contributed by atoms with van der Waals surface area (Å²) in [5.41, 5.74) is 2.02. The van der Waals surface area contributed by atoms with Gasteiger partial charge in [-0.3, -0.25) is 4.79 Å². The molecule has 0 aliphatic heterocycles. The number of carboxylic acid groups (broad SMARTS) is 1. The van der Waals surface area contributed by atoms with Gasteiger partial charge in [0.05, 0.1) is 0 Å². The lowest BCUT2D eigenvalue weighted by Crippen LogP contribution is -2.46. The first-order chi connectivity index (χ1) is 11.0. The van der Waals surface area contributed by atoms with Gasteiger partial charge in [0.15, 0.2) is 0 Å². The Balaban J connectivity index is 2.76. The third-order valence-corrected chi connectivity index (χ3v) is 3.87. The van der Waals surface area contributed by atoms with Crippen molar-refractivity contribution in [2.75, 3.05) is 0 Å². The minimum atomic E-state index is -1.19. The van der Waals surface area contributed by atoms with Crippen molar-refractivity contribution in [2.24, 2.45) is 5.92 Å². The summed E-state index contributed by atoms with van der Waals surface area (Å²) >= 11 is 0. The van der Waals surface area contributed by atoms with E-state index in [0.717, 1.165) is 11.1 Å². The van der Waals surface area contributed by atoms with Gasteiger partial charge in [-0.05, 0) is 28.9 Å². The van der Waals surface area contributed by atoms with Crippen LogP contribution in [0.25, 0.3) is 0 Å². The second-order valence-electron chi connectivity index (χ2n) is 7.70. The molecule has 5 nitrogen and oxygen atoms in total. The topological polar surface area (TPSA) is 86.6 Å². The Labute approximate surface area is 144 Å². The van der Waals surface area contributed by atoms with Crippen LogP contribution < -0.4 is 5.32 Å². The molecule has 0 radical (unpaired) electrons. The number of carboxylic acids is 1. The number of carbonyl (C=O) groups excluding carboxylic acids is 1. The number of aliphatic hydroxyl groups excluding tert-OH is 1. The lowest BCUT2D eigenvalue weighted by Gasteiger charge is -2.20. The van der Waals surface area contributed by atoms with Gasteiger partial charge in [0.1, 0.15) is 12.1 Å². The molecule has 5 heteroatoms. The second-order valence-corrected chi connectivity index (χ2v) is 7.70. The highest BCUT2D eigenvalue weighted by Gasteiger charge is 2.25. The fourth-order valence-electron chi connectivity index (χ4n) is 2.40. The van der Waals surface area contributed by atoms with Gasteiger partial charge in [0.2, 0.25) is 5.91 Å². The van der Waals surface area contributed by atoms with Gasteiger partial charge in [-0.2, -0.15) is 0 Å². The summed E-state index contributed by atoms with van der Waals surface area (Å²) in [6.45, 7) is 10.1. The standard InChI is InChI=1S/C19H29NO4/c1-12(2)10-16(21)17(22)20-15(18(23)24)11-13-6-8-14(9-7-13)19(3,4)5/h6-9,12,15-16,21H,10-11H2,1-5H3,(H,20,22)(H,23,24)/t15-,16-/m1/s1. The zero-order valence-corrected chi connectivity index (χ0v) is 15.2. The summed E-state index contributed by atoms with van der Waals surface area (Å²) in [6, 6.07) is 6.66. The van der Waals surface area contributed by atoms with Crippen LogP contribution in [-0.2, 0) is 21.4 Å². The zero-order valence-electron chi connectivity index (χ0n) is 15.2. The minimum absolute atomic E-state index is 0.0277. The summed E-state index contributed by atoms with van der Waals surface area (Å²) in [5, 5.41) is 21.6. The van der Waals surface area contributed by atoms with E-state index >= 15 is 0 Å². The molecule has 3 N–H and O–H groups in total. The molecule has 0 fully saturated rings. The summed E-state index contributed by atoms with van der Waals surface area (Å²) in [5.74, 6) is -1.60. The van der Waals surface area contributed by atoms with Crippen molar-refractivity contribution in [3.05, 3.63) is 35.4 Å². The second kappa shape index (κ2) is 8.29. The number of amides is 1. The summed E-state index contributed by atoms with van der Waals surface area (Å²) in [7, 11) is 0. The van der Waals surface area contributed by atoms with Gasteiger partial charge in [-0.1, -0.05) is 58.9 Å². The maximum Gasteiger partial charge on any atom is 0.326 e. The van der Waals surface area contributed by atoms with Crippen molar-refractivity contribution in [1.82, 2.24) is 5.32 Å². The van der Waals surface area contributed by atoms with Crippen LogP contribution in [-0.4, -0.2) is 34.2 Å². The Bertz CT molecular complexity index is 558. The SMILES string of the molecule is CC(C)C[C@@H](O)C(=O)N[C@H](Cc1ccc(C(C)(C)C)cc1)C(=O)O. The number of hydrogen-bond donors (Lipinski definition) is 3. The molecule has 1 rings (SSSR count). The van der Waals surface area contributed by atoms with Crippen LogP contribution in [0.2, 0.25) is 0 Å². The fraction of sp³-hybridized carbons (Fsp3) is 0.579. The molecule has 24 heavy (non-hydrogen) atoms. The number of carbonyl (C=O) groups is 2. The molecule has 1 aromatic carbocycles. The van der Waals surface area contributed by atoms with E-state index in [2.05, 4.69) is 26.1 Å². The Hall–Kier alpha value is -1.88. The van der Waals surface area contributed by atoms with E-state index < -0.39 is 24.0 Å². The number of rotatable bonds is 7. The third kappa shape index (κ3) is 6.32. The lowest BCUT2D eigenvalue weighted by molar-refractivity contribution is -0.143. The molecule has 1 aromatic rings. The largest absolute Gasteiger partial charge is 0.480 e. The molecule has 0 unspecified atom stereocenters. The van der Waals surface area contributed by atoms with Gasteiger partial charge < -0.3 is 15.5 Å². The molecular formula is C19H29NO4. The third-order valence-electron chi connectivity index (χ3n) is 3.87. The Morgan fingerprint density at radius 1 is 1.12 bits per heavy atom. The lowest BCUT2D eigenvalue weighted by atomic mass is 9.86. The van der Waals surface area contributed by atoms with Crippen LogP contribution in [0, 0.1) is 5.92 Å². The summed E-state index contributed by atoms with van der Waals surface area (Å²) < 4.78 is 0. The molecule has 0 spiro atoms. The van der Waals surface area contributed by atoms with E-state index in [9.17, 15) is 19.8 Å². The van der Waals surface area contributed by atoms with Crippen LogP contribution in [0.1, 0.15) is 52.2 Å². The minimum Gasteiger partial charge on any atom is -0.480 e. The van der Waals surface area contributed by atoms with Crippen molar-refractivity contribution in [3.63, 3.8) is 0 Å². The number of benzene rings is 1. The average molecular weight is 335 g/mol. The highest BCUT2D eigenvalue weighted by Crippen LogP contribution is 2.22. The van der Waals surface area contributed by atoms with Crippen molar-refractivity contribution in [2.45, 2.75) is 65.0 Å². The molecule has 2 atom stereocenters. The molecule has 0 aliphatic rings. The highest BCUT2D eigenvalue weighted by atomic mass is 16.4. The maximum atomic E-state index is 11.9. The van der Waals surface area contributed by atoms with Crippen LogP contribution in [0.15, 0.2) is 24.3 Å². The number of aliphatic hydroxyl groups is 1. The van der Waals surface area contributed by atoms with E-state index in [0.29, 0.717) is 6.42 Å². The number of hydrogen-bond acceptors (Lipinski definition) is 3. The van der Waals surface area contributed by atoms with E-state index in [-0.39, 0.29) is 17.8 Å². The Morgan fingerprint density at radius 3 is 2.08 bits per heavy atom. The maximum absolute atomic E-state index is 11.9.